The number of hydrogen-bond donors (Lipinski definition) is 1. The summed E-state index contributed by atoms with van der Waals surface area (Å²) < 4.78 is 5.42. The van der Waals surface area contributed by atoms with Crippen molar-refractivity contribution >= 4 is 17.5 Å². The zero-order valence-corrected chi connectivity index (χ0v) is 11.0. The number of nitrogens with one attached hydrogen (secondary N) is 1. The Hall–Kier alpha value is -1.22. The second-order valence-electron chi connectivity index (χ2n) is 5.26. The van der Waals surface area contributed by atoms with E-state index in [-0.39, 0.29) is 17.9 Å². The van der Waals surface area contributed by atoms with E-state index in [9.17, 15) is 4.79 Å². The number of benzene rings is 1. The Kier molecular flexibility index (Phi) is 3.04. The van der Waals surface area contributed by atoms with Gasteiger partial charge in [0.2, 0.25) is 0 Å². The molecule has 0 aliphatic carbocycles. The Morgan fingerprint density at radius 2 is 2.06 bits per heavy atom. The second kappa shape index (κ2) is 4.22. The van der Waals surface area contributed by atoms with E-state index in [1.807, 2.05) is 12.1 Å². The van der Waals surface area contributed by atoms with E-state index in [1.165, 1.54) is 0 Å². The van der Waals surface area contributed by atoms with Crippen LogP contribution in [0.5, 0.6) is 5.75 Å². The SMILES string of the molecule is CC(C)(C)c1cc(Cl)c2c(c1)CNC(=O)CO2. The average molecular weight is 254 g/mol. The van der Waals surface area contributed by atoms with Crippen molar-refractivity contribution in [1.82, 2.24) is 5.32 Å². The minimum Gasteiger partial charge on any atom is -0.482 e. The molecule has 1 N–H and O–H groups in total. The third-order valence-electron chi connectivity index (χ3n) is 2.81. The molecule has 4 heteroatoms. The van der Waals surface area contributed by atoms with Gasteiger partial charge in [-0.05, 0) is 23.1 Å². The van der Waals surface area contributed by atoms with Crippen LogP contribution in [0, 0.1) is 0 Å². The van der Waals surface area contributed by atoms with Crippen molar-refractivity contribution in [3.8, 4) is 5.75 Å². The molecule has 0 saturated carbocycles. The molecule has 92 valence electrons. The fourth-order valence-corrected chi connectivity index (χ4v) is 2.05. The quantitative estimate of drug-likeness (QED) is 0.772. The minimum atomic E-state index is -0.116. The van der Waals surface area contributed by atoms with E-state index in [4.69, 9.17) is 16.3 Å². The molecule has 0 fully saturated rings. The van der Waals surface area contributed by atoms with Gasteiger partial charge in [-0.1, -0.05) is 32.4 Å². The molecule has 1 aliphatic heterocycles. The zero-order chi connectivity index (χ0) is 12.6. The summed E-state index contributed by atoms with van der Waals surface area (Å²) in [6, 6.07) is 3.96. The smallest absolute Gasteiger partial charge is 0.258 e. The number of halogens is 1. The maximum Gasteiger partial charge on any atom is 0.258 e. The van der Waals surface area contributed by atoms with Crippen LogP contribution in [-0.2, 0) is 16.8 Å². The van der Waals surface area contributed by atoms with E-state index >= 15 is 0 Å². The molecule has 0 saturated heterocycles. The molecule has 1 amide bonds. The van der Waals surface area contributed by atoms with Gasteiger partial charge in [-0.2, -0.15) is 0 Å². The number of carbonyl (C=O) groups excluding carboxylic acids is 1. The molecule has 2 rings (SSSR count). The first-order chi connectivity index (χ1) is 7.88. The predicted octanol–water partition coefficient (Wildman–Crippen LogP) is 2.65. The molecule has 0 radical (unpaired) electrons. The molecule has 1 heterocycles. The van der Waals surface area contributed by atoms with Gasteiger partial charge in [0, 0.05) is 12.1 Å². The van der Waals surface area contributed by atoms with Crippen LogP contribution in [0.15, 0.2) is 12.1 Å². The fourth-order valence-electron chi connectivity index (χ4n) is 1.76. The van der Waals surface area contributed by atoms with Crippen LogP contribution < -0.4 is 10.1 Å². The Morgan fingerprint density at radius 3 is 2.71 bits per heavy atom. The van der Waals surface area contributed by atoms with E-state index in [0.29, 0.717) is 17.3 Å². The lowest BCUT2D eigenvalue weighted by molar-refractivity contribution is -0.122. The number of carbonyl (C=O) groups is 1. The van der Waals surface area contributed by atoms with Crippen molar-refractivity contribution in [3.63, 3.8) is 0 Å². The summed E-state index contributed by atoms with van der Waals surface area (Å²) in [7, 11) is 0. The van der Waals surface area contributed by atoms with Crippen molar-refractivity contribution in [2.75, 3.05) is 6.61 Å². The van der Waals surface area contributed by atoms with E-state index in [1.54, 1.807) is 0 Å². The summed E-state index contributed by atoms with van der Waals surface area (Å²) in [5.74, 6) is 0.507. The highest BCUT2D eigenvalue weighted by atomic mass is 35.5. The molecule has 0 aromatic heterocycles. The second-order valence-corrected chi connectivity index (χ2v) is 5.67. The van der Waals surface area contributed by atoms with Crippen LogP contribution in [0.4, 0.5) is 0 Å². The highest BCUT2D eigenvalue weighted by molar-refractivity contribution is 6.32. The van der Waals surface area contributed by atoms with Gasteiger partial charge in [0.15, 0.2) is 6.61 Å². The normalized spacial score (nSPS) is 15.6. The Labute approximate surface area is 106 Å². The standard InChI is InChI=1S/C13H16ClNO2/c1-13(2,3)9-4-8-6-15-11(16)7-17-12(8)10(14)5-9/h4-5H,6-7H2,1-3H3,(H,15,16). The summed E-state index contributed by atoms with van der Waals surface area (Å²) in [4.78, 5) is 11.3. The summed E-state index contributed by atoms with van der Waals surface area (Å²) >= 11 is 6.21. The highest BCUT2D eigenvalue weighted by Gasteiger charge is 2.21. The Balaban J connectivity index is 2.47. The van der Waals surface area contributed by atoms with Gasteiger partial charge in [-0.15, -0.1) is 0 Å². The number of rotatable bonds is 0. The van der Waals surface area contributed by atoms with Crippen LogP contribution in [-0.4, -0.2) is 12.5 Å². The molecule has 0 spiro atoms. The van der Waals surface area contributed by atoms with Gasteiger partial charge < -0.3 is 10.1 Å². The lowest BCUT2D eigenvalue weighted by atomic mass is 9.86. The van der Waals surface area contributed by atoms with Crippen molar-refractivity contribution in [2.24, 2.45) is 0 Å². The Bertz CT molecular complexity index is 463. The largest absolute Gasteiger partial charge is 0.482 e. The summed E-state index contributed by atoms with van der Waals surface area (Å²) in [5, 5.41) is 3.36. The molecule has 17 heavy (non-hydrogen) atoms. The number of ether oxygens (including phenoxy) is 1. The first-order valence-corrected chi connectivity index (χ1v) is 5.98. The van der Waals surface area contributed by atoms with Gasteiger partial charge in [0.1, 0.15) is 5.75 Å². The maximum atomic E-state index is 11.3. The topological polar surface area (TPSA) is 38.3 Å². The van der Waals surface area contributed by atoms with Crippen LogP contribution in [0.25, 0.3) is 0 Å². The van der Waals surface area contributed by atoms with Gasteiger partial charge >= 0.3 is 0 Å². The molecule has 0 bridgehead atoms. The van der Waals surface area contributed by atoms with Gasteiger partial charge in [-0.25, -0.2) is 0 Å². The Morgan fingerprint density at radius 1 is 1.35 bits per heavy atom. The van der Waals surface area contributed by atoms with Gasteiger partial charge in [0.25, 0.3) is 5.91 Å². The molecule has 1 aromatic carbocycles. The van der Waals surface area contributed by atoms with E-state index in [0.717, 1.165) is 11.1 Å². The number of amides is 1. The summed E-state index contributed by atoms with van der Waals surface area (Å²) in [5.41, 5.74) is 2.10. The van der Waals surface area contributed by atoms with Crippen molar-refractivity contribution in [3.05, 3.63) is 28.3 Å². The third-order valence-corrected chi connectivity index (χ3v) is 3.09. The van der Waals surface area contributed by atoms with Crippen LogP contribution in [0.3, 0.4) is 0 Å². The average Bonchev–Trinajstić information content (AvgIpc) is 2.40. The monoisotopic (exact) mass is 253 g/mol. The van der Waals surface area contributed by atoms with Gasteiger partial charge in [-0.3, -0.25) is 4.79 Å². The molecule has 3 nitrogen and oxygen atoms in total. The van der Waals surface area contributed by atoms with Crippen molar-refractivity contribution in [1.29, 1.82) is 0 Å². The van der Waals surface area contributed by atoms with E-state index in [2.05, 4.69) is 26.1 Å². The molecule has 0 unspecified atom stereocenters. The predicted molar refractivity (Wildman–Crippen MR) is 67.5 cm³/mol. The first kappa shape index (κ1) is 12.2. The third kappa shape index (κ3) is 2.55. The fraction of sp³-hybridized carbons (Fsp3) is 0.462. The maximum absolute atomic E-state index is 11.3. The molecular formula is C13H16ClNO2. The first-order valence-electron chi connectivity index (χ1n) is 5.60. The zero-order valence-electron chi connectivity index (χ0n) is 10.3. The summed E-state index contributed by atoms with van der Waals surface area (Å²) in [6.07, 6.45) is 0. The number of hydrogen-bond acceptors (Lipinski definition) is 2. The molecular weight excluding hydrogens is 238 g/mol. The minimum absolute atomic E-state index is 0.0228. The molecule has 1 aromatic rings. The number of fused-ring (bicyclic) bond motifs is 1. The van der Waals surface area contributed by atoms with Crippen molar-refractivity contribution in [2.45, 2.75) is 32.7 Å². The molecule has 1 aliphatic rings. The van der Waals surface area contributed by atoms with Crippen molar-refractivity contribution < 1.29 is 9.53 Å². The van der Waals surface area contributed by atoms with Crippen LogP contribution in [0.1, 0.15) is 31.9 Å². The lowest BCUT2D eigenvalue weighted by Gasteiger charge is -2.21. The van der Waals surface area contributed by atoms with Gasteiger partial charge in [0.05, 0.1) is 5.02 Å². The van der Waals surface area contributed by atoms with E-state index < -0.39 is 0 Å². The summed E-state index contributed by atoms with van der Waals surface area (Å²) in [6.45, 7) is 6.88. The van der Waals surface area contributed by atoms with Crippen LogP contribution in [0.2, 0.25) is 5.02 Å². The molecule has 0 atom stereocenters. The lowest BCUT2D eigenvalue weighted by Crippen LogP contribution is -2.25. The highest BCUT2D eigenvalue weighted by Crippen LogP contribution is 2.35. The van der Waals surface area contributed by atoms with Crippen LogP contribution >= 0.6 is 11.6 Å².